The number of carbonyl (C=O) groups excluding carboxylic acids is 1. The van der Waals surface area contributed by atoms with E-state index in [1.165, 1.54) is 18.2 Å². The molecular weight excluding hydrogens is 374 g/mol. The van der Waals surface area contributed by atoms with E-state index in [9.17, 15) is 22.0 Å². The predicted octanol–water partition coefficient (Wildman–Crippen LogP) is 3.42. The monoisotopic (exact) mass is 396 g/mol. The Morgan fingerprint density at radius 3 is 2.11 bits per heavy atom. The summed E-state index contributed by atoms with van der Waals surface area (Å²) in [5.41, 5.74) is 0.511. The van der Waals surface area contributed by atoms with E-state index >= 15 is 0 Å². The van der Waals surface area contributed by atoms with Gasteiger partial charge in [0.1, 0.15) is 17.3 Å². The number of nitrogens with zero attached hydrogens (tertiary/aromatic N) is 1. The van der Waals surface area contributed by atoms with Crippen LogP contribution in [0, 0.1) is 11.6 Å². The first kappa shape index (κ1) is 21.0. The summed E-state index contributed by atoms with van der Waals surface area (Å²) in [6.45, 7) is 4.75. The molecule has 146 valence electrons. The van der Waals surface area contributed by atoms with E-state index in [2.05, 4.69) is 4.72 Å². The Kier molecular flexibility index (Phi) is 6.67. The minimum absolute atomic E-state index is 0.0818. The minimum atomic E-state index is -3.80. The predicted molar refractivity (Wildman–Crippen MR) is 100 cm³/mol. The summed E-state index contributed by atoms with van der Waals surface area (Å²) in [6.07, 6.45) is 0. The molecule has 1 N–H and O–H groups in total. The van der Waals surface area contributed by atoms with E-state index in [0.29, 0.717) is 0 Å². The second-order valence-electron chi connectivity index (χ2n) is 6.36. The summed E-state index contributed by atoms with van der Waals surface area (Å²) in [4.78, 5) is 12.7. The molecule has 0 heterocycles. The zero-order chi connectivity index (χ0) is 20.2. The van der Waals surface area contributed by atoms with Crippen LogP contribution in [0.2, 0.25) is 0 Å². The Morgan fingerprint density at radius 1 is 1.07 bits per heavy atom. The number of carbonyl (C=O) groups is 1. The van der Waals surface area contributed by atoms with Crippen LogP contribution < -0.4 is 9.62 Å². The molecule has 27 heavy (non-hydrogen) atoms. The maximum atomic E-state index is 13.9. The van der Waals surface area contributed by atoms with Crippen LogP contribution in [0.15, 0.2) is 47.4 Å². The number of hydrogen-bond acceptors (Lipinski definition) is 3. The highest BCUT2D eigenvalue weighted by molar-refractivity contribution is 7.89. The van der Waals surface area contributed by atoms with Crippen molar-refractivity contribution in [2.24, 2.45) is 0 Å². The third-order valence-electron chi connectivity index (χ3n) is 4.07. The lowest BCUT2D eigenvalue weighted by molar-refractivity contribution is -0.116. The molecule has 0 aliphatic heterocycles. The number of para-hydroxylation sites is 1. The van der Waals surface area contributed by atoms with E-state index in [4.69, 9.17) is 0 Å². The van der Waals surface area contributed by atoms with Gasteiger partial charge in [0.25, 0.3) is 0 Å². The van der Waals surface area contributed by atoms with E-state index in [0.717, 1.165) is 29.5 Å². The van der Waals surface area contributed by atoms with Crippen molar-refractivity contribution in [3.63, 3.8) is 0 Å². The second kappa shape index (κ2) is 8.58. The van der Waals surface area contributed by atoms with Crippen LogP contribution in [0.5, 0.6) is 0 Å². The Bertz CT molecular complexity index is 893. The van der Waals surface area contributed by atoms with Crippen LogP contribution in [0.1, 0.15) is 32.3 Å². The van der Waals surface area contributed by atoms with Gasteiger partial charge in [-0.3, -0.25) is 4.79 Å². The van der Waals surface area contributed by atoms with Crippen molar-refractivity contribution in [2.45, 2.75) is 31.6 Å². The smallest absolute Gasteiger partial charge is 0.240 e. The van der Waals surface area contributed by atoms with Gasteiger partial charge in [-0.05, 0) is 35.7 Å². The third kappa shape index (κ3) is 5.11. The first-order valence-corrected chi connectivity index (χ1v) is 9.93. The molecule has 0 saturated heterocycles. The highest BCUT2D eigenvalue weighted by Crippen LogP contribution is 2.23. The standard InChI is InChI=1S/C19H22F2N2O3S/c1-13(2)15-7-9-16(10-8-15)27(25,26)22-11-12-23(14(3)24)19-17(20)5-4-6-18(19)21/h4-10,13,22H,11-12H2,1-3H3. The average molecular weight is 396 g/mol. The Morgan fingerprint density at radius 2 is 1.63 bits per heavy atom. The van der Waals surface area contributed by atoms with Gasteiger partial charge in [0, 0.05) is 20.0 Å². The molecule has 0 bridgehead atoms. The van der Waals surface area contributed by atoms with Crippen LogP contribution in [0.4, 0.5) is 14.5 Å². The highest BCUT2D eigenvalue weighted by atomic mass is 32.2. The molecule has 0 saturated carbocycles. The van der Waals surface area contributed by atoms with E-state index in [1.54, 1.807) is 12.1 Å². The van der Waals surface area contributed by atoms with Gasteiger partial charge in [-0.15, -0.1) is 0 Å². The number of rotatable bonds is 7. The van der Waals surface area contributed by atoms with Gasteiger partial charge >= 0.3 is 0 Å². The molecule has 0 aliphatic rings. The van der Waals surface area contributed by atoms with Crippen LogP contribution in [0.25, 0.3) is 0 Å². The fraction of sp³-hybridized carbons (Fsp3) is 0.316. The zero-order valence-corrected chi connectivity index (χ0v) is 16.2. The van der Waals surface area contributed by atoms with Gasteiger partial charge in [0.15, 0.2) is 0 Å². The van der Waals surface area contributed by atoms with Gasteiger partial charge < -0.3 is 4.90 Å². The van der Waals surface area contributed by atoms with Gasteiger partial charge in [0.05, 0.1) is 4.90 Å². The molecular formula is C19H22F2N2O3S. The summed E-state index contributed by atoms with van der Waals surface area (Å²) in [6, 6.07) is 9.72. The molecule has 8 heteroatoms. The number of nitrogens with one attached hydrogen (secondary N) is 1. The van der Waals surface area contributed by atoms with Crippen molar-refractivity contribution in [3.05, 3.63) is 59.7 Å². The summed E-state index contributed by atoms with van der Waals surface area (Å²) in [5, 5.41) is 0. The normalized spacial score (nSPS) is 11.6. The molecule has 1 amide bonds. The maximum absolute atomic E-state index is 13.9. The summed E-state index contributed by atoms with van der Waals surface area (Å²) >= 11 is 0. The van der Waals surface area contributed by atoms with Crippen LogP contribution in [-0.4, -0.2) is 27.4 Å². The fourth-order valence-electron chi connectivity index (χ4n) is 2.58. The molecule has 2 aromatic rings. The van der Waals surface area contributed by atoms with Crippen molar-refractivity contribution in [2.75, 3.05) is 18.0 Å². The van der Waals surface area contributed by atoms with Crippen molar-refractivity contribution in [1.82, 2.24) is 4.72 Å². The largest absolute Gasteiger partial charge is 0.306 e. The second-order valence-corrected chi connectivity index (χ2v) is 8.13. The number of amides is 1. The van der Waals surface area contributed by atoms with E-state index < -0.39 is 33.3 Å². The van der Waals surface area contributed by atoms with Crippen molar-refractivity contribution >= 4 is 21.6 Å². The summed E-state index contributed by atoms with van der Waals surface area (Å²) in [7, 11) is -3.80. The molecule has 2 rings (SSSR count). The molecule has 0 radical (unpaired) electrons. The Labute approximate surface area is 158 Å². The number of sulfonamides is 1. The maximum Gasteiger partial charge on any atom is 0.240 e. The summed E-state index contributed by atoms with van der Waals surface area (Å²) < 4.78 is 54.9. The van der Waals surface area contributed by atoms with E-state index in [1.807, 2.05) is 13.8 Å². The van der Waals surface area contributed by atoms with Crippen molar-refractivity contribution in [3.8, 4) is 0 Å². The topological polar surface area (TPSA) is 66.5 Å². The number of halogens is 2. The van der Waals surface area contributed by atoms with Crippen molar-refractivity contribution in [1.29, 1.82) is 0 Å². The highest BCUT2D eigenvalue weighted by Gasteiger charge is 2.21. The van der Waals surface area contributed by atoms with Gasteiger partial charge in [-0.1, -0.05) is 32.0 Å². The number of hydrogen-bond donors (Lipinski definition) is 1. The van der Waals surface area contributed by atoms with Gasteiger partial charge in [-0.2, -0.15) is 0 Å². The molecule has 0 spiro atoms. The fourth-order valence-corrected chi connectivity index (χ4v) is 3.60. The quantitative estimate of drug-likeness (QED) is 0.780. The van der Waals surface area contributed by atoms with Crippen LogP contribution >= 0.6 is 0 Å². The molecule has 0 unspecified atom stereocenters. The van der Waals surface area contributed by atoms with Gasteiger partial charge in [-0.25, -0.2) is 21.9 Å². The molecule has 0 aliphatic carbocycles. The summed E-state index contributed by atoms with van der Waals surface area (Å²) in [5.74, 6) is -2.11. The molecule has 2 aromatic carbocycles. The number of benzene rings is 2. The Balaban J connectivity index is 2.11. The SMILES string of the molecule is CC(=O)N(CCNS(=O)(=O)c1ccc(C(C)C)cc1)c1c(F)cccc1F. The Hall–Kier alpha value is -2.32. The number of anilines is 1. The first-order chi connectivity index (χ1) is 12.6. The van der Waals surface area contributed by atoms with E-state index in [-0.39, 0.29) is 23.9 Å². The third-order valence-corrected chi connectivity index (χ3v) is 5.55. The lowest BCUT2D eigenvalue weighted by Crippen LogP contribution is -2.38. The molecule has 0 atom stereocenters. The molecule has 0 fully saturated rings. The zero-order valence-electron chi connectivity index (χ0n) is 15.4. The van der Waals surface area contributed by atoms with Crippen molar-refractivity contribution < 1.29 is 22.0 Å². The molecule has 0 aromatic heterocycles. The lowest BCUT2D eigenvalue weighted by Gasteiger charge is -2.22. The minimum Gasteiger partial charge on any atom is -0.306 e. The van der Waals surface area contributed by atoms with Crippen LogP contribution in [-0.2, 0) is 14.8 Å². The average Bonchev–Trinajstić information content (AvgIpc) is 2.60. The first-order valence-electron chi connectivity index (χ1n) is 8.45. The van der Waals surface area contributed by atoms with Crippen LogP contribution in [0.3, 0.4) is 0 Å². The van der Waals surface area contributed by atoms with Gasteiger partial charge in [0.2, 0.25) is 15.9 Å². The lowest BCUT2D eigenvalue weighted by atomic mass is 10.0. The molecule has 5 nitrogen and oxygen atoms in total.